The first-order valence-electron chi connectivity index (χ1n) is 12.5. The molecule has 0 bridgehead atoms. The molecule has 9 nitrogen and oxygen atoms in total. The molecular weight excluding hydrogens is 494 g/mol. The van der Waals surface area contributed by atoms with Crippen LogP contribution < -0.4 is 19.1 Å². The maximum atomic E-state index is 13.3. The van der Waals surface area contributed by atoms with Gasteiger partial charge in [-0.05, 0) is 43.4 Å². The molecule has 2 amide bonds. The van der Waals surface area contributed by atoms with E-state index < -0.39 is 16.1 Å². The van der Waals surface area contributed by atoms with Crippen molar-refractivity contribution in [1.82, 2.24) is 10.2 Å². The topological polar surface area (TPSA) is 105 Å². The van der Waals surface area contributed by atoms with Gasteiger partial charge in [-0.3, -0.25) is 13.9 Å². The maximum Gasteiger partial charge on any atom is 0.242 e. The summed E-state index contributed by atoms with van der Waals surface area (Å²) < 4.78 is 37.0. The number of hydrogen-bond donors (Lipinski definition) is 1. The summed E-state index contributed by atoms with van der Waals surface area (Å²) in [5.74, 6) is 0.944. The Morgan fingerprint density at radius 1 is 1.00 bits per heavy atom. The van der Waals surface area contributed by atoms with E-state index in [1.165, 1.54) is 4.31 Å². The van der Waals surface area contributed by atoms with Gasteiger partial charge in [0.2, 0.25) is 28.6 Å². The lowest BCUT2D eigenvalue weighted by Gasteiger charge is -2.29. The molecule has 0 fully saturated rings. The quantitative estimate of drug-likeness (QED) is 0.426. The molecule has 1 aliphatic heterocycles. The second kappa shape index (κ2) is 12.8. The van der Waals surface area contributed by atoms with Crippen LogP contribution in [0, 0.1) is 5.92 Å². The average Bonchev–Trinajstić information content (AvgIpc) is 3.33. The summed E-state index contributed by atoms with van der Waals surface area (Å²) >= 11 is 0. The molecular formula is C27H37N3O6S. The molecule has 2 aromatic carbocycles. The fraction of sp³-hybridized carbons (Fsp3) is 0.481. The van der Waals surface area contributed by atoms with Crippen LogP contribution in [0.1, 0.15) is 39.2 Å². The van der Waals surface area contributed by atoms with E-state index in [1.807, 2.05) is 44.2 Å². The fourth-order valence-electron chi connectivity index (χ4n) is 4.07. The van der Waals surface area contributed by atoms with E-state index in [2.05, 4.69) is 5.32 Å². The van der Waals surface area contributed by atoms with Crippen LogP contribution in [0.3, 0.4) is 0 Å². The Balaban J connectivity index is 1.67. The minimum absolute atomic E-state index is 0.0912. The van der Waals surface area contributed by atoms with Crippen LogP contribution in [0.2, 0.25) is 0 Å². The van der Waals surface area contributed by atoms with E-state index in [0.29, 0.717) is 49.0 Å². The van der Waals surface area contributed by atoms with Gasteiger partial charge in [0.1, 0.15) is 6.04 Å². The highest BCUT2D eigenvalue weighted by atomic mass is 32.2. The third-order valence-electron chi connectivity index (χ3n) is 6.13. The lowest BCUT2D eigenvalue weighted by molar-refractivity contribution is -0.140. The Morgan fingerprint density at radius 3 is 2.38 bits per heavy atom. The zero-order valence-electron chi connectivity index (χ0n) is 22.0. The summed E-state index contributed by atoms with van der Waals surface area (Å²) in [4.78, 5) is 27.7. The van der Waals surface area contributed by atoms with Crippen molar-refractivity contribution in [2.24, 2.45) is 5.92 Å². The van der Waals surface area contributed by atoms with Gasteiger partial charge in [-0.25, -0.2) is 8.42 Å². The van der Waals surface area contributed by atoms with Gasteiger partial charge in [-0.15, -0.1) is 0 Å². The van der Waals surface area contributed by atoms with Gasteiger partial charge in [-0.1, -0.05) is 44.2 Å². The number of carbonyl (C=O) groups excluding carboxylic acids is 2. The Morgan fingerprint density at radius 2 is 1.70 bits per heavy atom. The monoisotopic (exact) mass is 531 g/mol. The van der Waals surface area contributed by atoms with Crippen molar-refractivity contribution in [2.45, 2.75) is 46.1 Å². The first kappa shape index (κ1) is 28.3. The molecule has 2 aromatic rings. The summed E-state index contributed by atoms with van der Waals surface area (Å²) in [5.41, 5.74) is 1.52. The molecule has 10 heteroatoms. The number of nitrogens with zero attached hydrogens (tertiary/aromatic N) is 2. The van der Waals surface area contributed by atoms with Gasteiger partial charge in [-0.2, -0.15) is 0 Å². The number of nitrogens with one attached hydrogen (secondary N) is 1. The second-order valence-electron chi connectivity index (χ2n) is 9.61. The third-order valence-corrected chi connectivity index (χ3v) is 7.33. The molecule has 1 heterocycles. The molecule has 202 valence electrons. The van der Waals surface area contributed by atoms with Gasteiger partial charge >= 0.3 is 0 Å². The summed E-state index contributed by atoms with van der Waals surface area (Å²) in [7, 11) is -3.60. The van der Waals surface area contributed by atoms with Gasteiger partial charge in [0.25, 0.3) is 0 Å². The molecule has 0 radical (unpaired) electrons. The zero-order valence-corrected chi connectivity index (χ0v) is 22.8. The number of sulfonamides is 1. The maximum absolute atomic E-state index is 13.3. The molecule has 0 aliphatic carbocycles. The molecule has 0 unspecified atom stereocenters. The van der Waals surface area contributed by atoms with Gasteiger partial charge in [0.15, 0.2) is 11.5 Å². The van der Waals surface area contributed by atoms with Crippen LogP contribution in [0.4, 0.5) is 5.69 Å². The SMILES string of the molecule is CC(C)CNC(=O)[C@H](C)N(CCc1ccccc1)C(=O)CCCN(c1ccc2c(c1)OCO2)S(C)(=O)=O. The summed E-state index contributed by atoms with van der Waals surface area (Å²) in [6, 6.07) is 14.1. The number of anilines is 1. The molecule has 0 spiro atoms. The number of amides is 2. The summed E-state index contributed by atoms with van der Waals surface area (Å²) in [6.07, 6.45) is 2.14. The standard InChI is InChI=1S/C27H37N3O6S/c1-20(2)18-28-27(32)21(3)29(16-14-22-9-6-5-7-10-22)26(31)11-8-15-30(37(4,33)34)23-12-13-24-25(17-23)36-19-35-24/h5-7,9-10,12-13,17,20-21H,8,11,14-16,18-19H2,1-4H3,(H,28,32)/t21-/m0/s1. The molecule has 3 rings (SSSR count). The van der Waals surface area contributed by atoms with E-state index in [0.717, 1.165) is 11.8 Å². The summed E-state index contributed by atoms with van der Waals surface area (Å²) in [5, 5.41) is 2.91. The molecule has 37 heavy (non-hydrogen) atoms. The second-order valence-corrected chi connectivity index (χ2v) is 11.5. The predicted octanol–water partition coefficient (Wildman–Crippen LogP) is 3.19. The van der Waals surface area contributed by atoms with Crippen LogP contribution in [-0.4, -0.2) is 63.9 Å². The number of benzene rings is 2. The Bertz CT molecular complexity index is 1170. The smallest absolute Gasteiger partial charge is 0.242 e. The van der Waals surface area contributed by atoms with Crippen LogP contribution in [0.15, 0.2) is 48.5 Å². The number of carbonyl (C=O) groups is 2. The Kier molecular flexibility index (Phi) is 9.79. The molecule has 0 saturated carbocycles. The lowest BCUT2D eigenvalue weighted by atomic mass is 10.1. The van der Waals surface area contributed by atoms with Crippen molar-refractivity contribution >= 4 is 27.5 Å². The van der Waals surface area contributed by atoms with Crippen molar-refractivity contribution in [3.63, 3.8) is 0 Å². The fourth-order valence-corrected chi connectivity index (χ4v) is 5.02. The Hall–Kier alpha value is -3.27. The number of ether oxygens (including phenoxy) is 2. The lowest BCUT2D eigenvalue weighted by Crippen LogP contribution is -2.49. The minimum Gasteiger partial charge on any atom is -0.454 e. The van der Waals surface area contributed by atoms with E-state index in [1.54, 1.807) is 30.0 Å². The van der Waals surface area contributed by atoms with Crippen molar-refractivity contribution in [2.75, 3.05) is 37.0 Å². The summed E-state index contributed by atoms with van der Waals surface area (Å²) in [6.45, 7) is 6.88. The minimum atomic E-state index is -3.60. The molecule has 1 aliphatic rings. The first-order valence-corrected chi connectivity index (χ1v) is 14.4. The van der Waals surface area contributed by atoms with E-state index in [4.69, 9.17) is 9.47 Å². The van der Waals surface area contributed by atoms with Crippen LogP contribution in [0.5, 0.6) is 11.5 Å². The normalized spacial score (nSPS) is 13.3. The largest absolute Gasteiger partial charge is 0.454 e. The first-order chi connectivity index (χ1) is 17.6. The van der Waals surface area contributed by atoms with Gasteiger partial charge in [0.05, 0.1) is 11.9 Å². The number of hydrogen-bond acceptors (Lipinski definition) is 6. The molecule has 1 atom stereocenters. The van der Waals surface area contributed by atoms with Gasteiger partial charge < -0.3 is 19.7 Å². The van der Waals surface area contributed by atoms with Crippen molar-refractivity contribution in [3.8, 4) is 11.5 Å². The zero-order chi connectivity index (χ0) is 27.0. The number of rotatable bonds is 13. The van der Waals surface area contributed by atoms with Crippen molar-refractivity contribution in [1.29, 1.82) is 0 Å². The van der Waals surface area contributed by atoms with Crippen LogP contribution >= 0.6 is 0 Å². The van der Waals surface area contributed by atoms with Crippen molar-refractivity contribution < 1.29 is 27.5 Å². The molecule has 0 saturated heterocycles. The highest BCUT2D eigenvalue weighted by Crippen LogP contribution is 2.36. The van der Waals surface area contributed by atoms with E-state index >= 15 is 0 Å². The molecule has 1 N–H and O–H groups in total. The highest BCUT2D eigenvalue weighted by Gasteiger charge is 2.27. The third kappa shape index (κ3) is 8.11. The van der Waals surface area contributed by atoms with E-state index in [-0.39, 0.29) is 31.6 Å². The Labute approximate surface area is 219 Å². The number of fused-ring (bicyclic) bond motifs is 1. The van der Waals surface area contributed by atoms with Gasteiger partial charge in [0, 0.05) is 32.1 Å². The predicted molar refractivity (Wildman–Crippen MR) is 143 cm³/mol. The highest BCUT2D eigenvalue weighted by molar-refractivity contribution is 7.92. The van der Waals surface area contributed by atoms with Crippen molar-refractivity contribution in [3.05, 3.63) is 54.1 Å². The van der Waals surface area contributed by atoms with Crippen LogP contribution in [0.25, 0.3) is 0 Å². The molecule has 0 aromatic heterocycles. The van der Waals surface area contributed by atoms with Crippen LogP contribution in [-0.2, 0) is 26.0 Å². The average molecular weight is 532 g/mol. The van der Waals surface area contributed by atoms with E-state index in [9.17, 15) is 18.0 Å².